The zero-order valence-corrected chi connectivity index (χ0v) is 12.2. The van der Waals surface area contributed by atoms with Gasteiger partial charge in [0.1, 0.15) is 5.75 Å². The molecule has 108 valence electrons. The van der Waals surface area contributed by atoms with Crippen LogP contribution in [0.2, 0.25) is 0 Å². The fourth-order valence-corrected chi connectivity index (χ4v) is 3.78. The summed E-state index contributed by atoms with van der Waals surface area (Å²) in [5.74, 6) is 1.46. The van der Waals surface area contributed by atoms with Crippen LogP contribution in [-0.4, -0.2) is 44.6 Å². The summed E-state index contributed by atoms with van der Waals surface area (Å²) < 4.78 is 5.33. The first-order valence-corrected chi connectivity index (χ1v) is 7.27. The minimum Gasteiger partial charge on any atom is -0.497 e. The zero-order valence-electron chi connectivity index (χ0n) is 12.2. The van der Waals surface area contributed by atoms with Crippen molar-refractivity contribution in [2.45, 2.75) is 18.8 Å². The number of nitrogens with zero attached hydrogens (tertiary/aromatic N) is 1. The number of carbonyl (C=O) groups excluding carboxylic acids is 1. The Hall–Kier alpha value is -1.55. The molecule has 0 aromatic heterocycles. The molecule has 1 aromatic carbocycles. The van der Waals surface area contributed by atoms with Crippen LogP contribution in [0.1, 0.15) is 24.3 Å². The van der Waals surface area contributed by atoms with E-state index in [1.807, 2.05) is 24.1 Å². The topological polar surface area (TPSA) is 41.6 Å². The number of likely N-dealkylation sites (tertiary alicyclic amines) is 1. The minimum atomic E-state index is -0.216. The number of carbonyl (C=O) groups is 1. The number of ether oxygens (including phenoxy) is 1. The molecule has 3 rings (SSSR count). The van der Waals surface area contributed by atoms with E-state index in [1.54, 1.807) is 7.11 Å². The van der Waals surface area contributed by atoms with Gasteiger partial charge in [0.2, 0.25) is 5.91 Å². The van der Waals surface area contributed by atoms with Crippen molar-refractivity contribution in [3.05, 3.63) is 29.8 Å². The first kappa shape index (κ1) is 13.4. The van der Waals surface area contributed by atoms with Crippen molar-refractivity contribution in [3.8, 4) is 5.75 Å². The highest BCUT2D eigenvalue weighted by atomic mass is 16.5. The van der Waals surface area contributed by atoms with Crippen LogP contribution in [0.5, 0.6) is 5.75 Å². The molecule has 0 aliphatic carbocycles. The molecular formula is C16H22N2O2. The Balaban J connectivity index is 1.99. The van der Waals surface area contributed by atoms with Crippen molar-refractivity contribution in [2.24, 2.45) is 5.41 Å². The smallest absolute Gasteiger partial charge is 0.229 e. The molecule has 2 aliphatic heterocycles. The SMILES string of the molecule is COc1cccc(C2CN(C)C(=O)C23CCNCC3)c1. The van der Waals surface area contributed by atoms with Gasteiger partial charge in [0.25, 0.3) is 0 Å². The number of methoxy groups -OCH3 is 1. The molecule has 0 bridgehead atoms. The zero-order chi connectivity index (χ0) is 14.2. The molecule has 1 atom stereocenters. The largest absolute Gasteiger partial charge is 0.497 e. The highest BCUT2D eigenvalue weighted by Crippen LogP contribution is 2.49. The van der Waals surface area contributed by atoms with Gasteiger partial charge in [-0.1, -0.05) is 12.1 Å². The van der Waals surface area contributed by atoms with Crippen molar-refractivity contribution >= 4 is 5.91 Å². The van der Waals surface area contributed by atoms with Crippen molar-refractivity contribution in [1.29, 1.82) is 0 Å². The second-order valence-corrected chi connectivity index (χ2v) is 5.92. The predicted octanol–water partition coefficient (Wildman–Crippen LogP) is 1.62. The summed E-state index contributed by atoms with van der Waals surface area (Å²) in [5.41, 5.74) is 1.01. The van der Waals surface area contributed by atoms with Crippen LogP contribution in [0.25, 0.3) is 0 Å². The normalized spacial score (nSPS) is 25.2. The van der Waals surface area contributed by atoms with E-state index >= 15 is 0 Å². The molecule has 2 fully saturated rings. The van der Waals surface area contributed by atoms with Gasteiger partial charge in [-0.3, -0.25) is 4.79 Å². The maximum Gasteiger partial charge on any atom is 0.229 e. The Morgan fingerprint density at radius 1 is 1.35 bits per heavy atom. The van der Waals surface area contributed by atoms with Crippen LogP contribution in [-0.2, 0) is 4.79 Å². The van der Waals surface area contributed by atoms with E-state index in [9.17, 15) is 4.79 Å². The van der Waals surface area contributed by atoms with Gasteiger partial charge >= 0.3 is 0 Å². The van der Waals surface area contributed by atoms with Crippen molar-refractivity contribution in [2.75, 3.05) is 33.8 Å². The summed E-state index contributed by atoms with van der Waals surface area (Å²) in [5, 5.41) is 3.37. The Morgan fingerprint density at radius 2 is 2.10 bits per heavy atom. The summed E-state index contributed by atoms with van der Waals surface area (Å²) in [7, 11) is 3.61. The van der Waals surface area contributed by atoms with Gasteiger partial charge in [0.15, 0.2) is 0 Å². The van der Waals surface area contributed by atoms with E-state index in [-0.39, 0.29) is 11.3 Å². The number of likely N-dealkylation sites (N-methyl/N-ethyl adjacent to an activating group) is 1. The Morgan fingerprint density at radius 3 is 2.80 bits per heavy atom. The number of rotatable bonds is 2. The molecule has 20 heavy (non-hydrogen) atoms. The first-order chi connectivity index (χ1) is 9.67. The van der Waals surface area contributed by atoms with Crippen molar-refractivity contribution in [1.82, 2.24) is 10.2 Å². The molecule has 2 heterocycles. The summed E-state index contributed by atoms with van der Waals surface area (Å²) >= 11 is 0. The summed E-state index contributed by atoms with van der Waals surface area (Å²) in [6, 6.07) is 8.19. The number of nitrogens with one attached hydrogen (secondary N) is 1. The van der Waals surface area contributed by atoms with Crippen LogP contribution in [0.15, 0.2) is 24.3 Å². The van der Waals surface area contributed by atoms with Gasteiger partial charge in [0.05, 0.1) is 12.5 Å². The molecule has 4 heteroatoms. The van der Waals surface area contributed by atoms with E-state index in [1.165, 1.54) is 5.56 Å². The molecule has 1 aromatic rings. The molecule has 4 nitrogen and oxygen atoms in total. The van der Waals surface area contributed by atoms with Crippen LogP contribution < -0.4 is 10.1 Å². The number of piperidine rings is 1. The van der Waals surface area contributed by atoms with Crippen molar-refractivity contribution in [3.63, 3.8) is 0 Å². The summed E-state index contributed by atoms with van der Waals surface area (Å²) in [6.45, 7) is 2.67. The van der Waals surface area contributed by atoms with Gasteiger partial charge in [0, 0.05) is 19.5 Å². The first-order valence-electron chi connectivity index (χ1n) is 7.27. The van der Waals surface area contributed by atoms with E-state index < -0.39 is 0 Å². The Kier molecular flexibility index (Phi) is 3.42. The van der Waals surface area contributed by atoms with Crippen LogP contribution in [0.4, 0.5) is 0 Å². The third kappa shape index (κ3) is 1.99. The van der Waals surface area contributed by atoms with E-state index in [0.717, 1.165) is 38.2 Å². The maximum absolute atomic E-state index is 12.7. The third-order valence-corrected chi connectivity index (χ3v) is 4.89. The third-order valence-electron chi connectivity index (χ3n) is 4.89. The van der Waals surface area contributed by atoms with E-state index in [0.29, 0.717) is 5.91 Å². The number of benzene rings is 1. The highest BCUT2D eigenvalue weighted by Gasteiger charge is 2.53. The fraction of sp³-hybridized carbons (Fsp3) is 0.562. The molecule has 1 spiro atoms. The predicted molar refractivity (Wildman–Crippen MR) is 77.9 cm³/mol. The van der Waals surface area contributed by atoms with Crippen LogP contribution >= 0.6 is 0 Å². The molecule has 0 saturated carbocycles. The van der Waals surface area contributed by atoms with E-state index in [2.05, 4.69) is 17.4 Å². The Labute approximate surface area is 120 Å². The monoisotopic (exact) mass is 274 g/mol. The molecule has 2 aliphatic rings. The lowest BCUT2D eigenvalue weighted by Crippen LogP contribution is -2.44. The lowest BCUT2D eigenvalue weighted by Gasteiger charge is -2.36. The second-order valence-electron chi connectivity index (χ2n) is 5.92. The minimum absolute atomic E-state index is 0.216. The molecule has 1 N–H and O–H groups in total. The number of amides is 1. The Bertz CT molecular complexity index is 509. The van der Waals surface area contributed by atoms with Gasteiger partial charge in [-0.05, 0) is 43.6 Å². The molecule has 0 radical (unpaired) electrons. The standard InChI is InChI=1S/C16H22N2O2/c1-18-11-14(12-4-3-5-13(10-12)20-2)16(15(18)19)6-8-17-9-7-16/h3-5,10,14,17H,6-9,11H2,1-2H3. The van der Waals surface area contributed by atoms with Gasteiger partial charge in [-0.25, -0.2) is 0 Å². The van der Waals surface area contributed by atoms with E-state index in [4.69, 9.17) is 4.74 Å². The summed E-state index contributed by atoms with van der Waals surface area (Å²) in [4.78, 5) is 14.6. The lowest BCUT2D eigenvalue weighted by atomic mass is 9.68. The van der Waals surface area contributed by atoms with Gasteiger partial charge in [-0.2, -0.15) is 0 Å². The summed E-state index contributed by atoms with van der Waals surface area (Å²) in [6.07, 6.45) is 1.86. The van der Waals surface area contributed by atoms with Gasteiger partial charge < -0.3 is 15.0 Å². The quantitative estimate of drug-likeness (QED) is 0.891. The maximum atomic E-state index is 12.7. The van der Waals surface area contributed by atoms with Crippen LogP contribution in [0, 0.1) is 5.41 Å². The molecule has 1 amide bonds. The fourth-order valence-electron chi connectivity index (χ4n) is 3.78. The molecule has 2 saturated heterocycles. The average Bonchev–Trinajstić information content (AvgIpc) is 2.74. The molecular weight excluding hydrogens is 252 g/mol. The lowest BCUT2D eigenvalue weighted by molar-refractivity contribution is -0.136. The van der Waals surface area contributed by atoms with Crippen molar-refractivity contribution < 1.29 is 9.53 Å². The molecule has 1 unspecified atom stereocenters. The second kappa shape index (κ2) is 5.09. The number of hydrogen-bond acceptors (Lipinski definition) is 3. The average molecular weight is 274 g/mol. The highest BCUT2D eigenvalue weighted by molar-refractivity contribution is 5.86. The van der Waals surface area contributed by atoms with Crippen LogP contribution in [0.3, 0.4) is 0 Å². The van der Waals surface area contributed by atoms with Gasteiger partial charge in [-0.15, -0.1) is 0 Å². The number of hydrogen-bond donors (Lipinski definition) is 1.